The number of rotatable bonds is 3. The lowest BCUT2D eigenvalue weighted by atomic mass is 9.78. The van der Waals surface area contributed by atoms with Crippen LogP contribution in [0.25, 0.3) is 0 Å². The Bertz CT molecular complexity index is 720. The minimum Gasteiger partial charge on any atom is -0.318 e. The number of benzene rings is 1. The van der Waals surface area contributed by atoms with Crippen LogP contribution >= 0.6 is 11.8 Å². The molecule has 1 N–H and O–H groups in total. The monoisotopic (exact) mass is 368 g/mol. The van der Waals surface area contributed by atoms with Crippen molar-refractivity contribution in [2.24, 2.45) is 0 Å². The number of amides is 3. The van der Waals surface area contributed by atoms with E-state index in [1.54, 1.807) is 0 Å². The molecule has 1 heterocycles. The van der Waals surface area contributed by atoms with Gasteiger partial charge < -0.3 is 4.90 Å². The van der Waals surface area contributed by atoms with Crippen molar-refractivity contribution in [1.29, 1.82) is 0 Å². The maximum absolute atomic E-state index is 13.3. The summed E-state index contributed by atoms with van der Waals surface area (Å²) in [6, 6.07) is 3.42. The molecule has 2 aliphatic rings. The van der Waals surface area contributed by atoms with Crippen molar-refractivity contribution in [3.63, 3.8) is 0 Å². The van der Waals surface area contributed by atoms with Gasteiger partial charge in [0.05, 0.1) is 5.75 Å². The van der Waals surface area contributed by atoms with Gasteiger partial charge in [-0.05, 0) is 31.0 Å². The summed E-state index contributed by atoms with van der Waals surface area (Å²) in [6.07, 6.45) is 3.71. The van der Waals surface area contributed by atoms with Crippen LogP contribution in [0.2, 0.25) is 0 Å². The maximum Gasteiger partial charge on any atom is 0.252 e. The fraction of sp³-hybridized carbons (Fsp3) is 0.471. The Labute approximate surface area is 148 Å². The van der Waals surface area contributed by atoms with Crippen LogP contribution in [0.1, 0.15) is 32.1 Å². The topological polar surface area (TPSA) is 66.5 Å². The molecule has 1 aromatic carbocycles. The van der Waals surface area contributed by atoms with Gasteiger partial charge in [0.15, 0.2) is 11.6 Å². The molecule has 5 nitrogen and oxygen atoms in total. The van der Waals surface area contributed by atoms with Gasteiger partial charge in [-0.15, -0.1) is 11.8 Å². The number of piperazine rings is 1. The first kappa shape index (κ1) is 17.8. The van der Waals surface area contributed by atoms with Gasteiger partial charge in [-0.2, -0.15) is 0 Å². The second-order valence-electron chi connectivity index (χ2n) is 6.31. The molecule has 0 radical (unpaired) electrons. The molecule has 0 unspecified atom stereocenters. The Hall–Kier alpha value is -1.96. The Morgan fingerprint density at radius 3 is 2.56 bits per heavy atom. The van der Waals surface area contributed by atoms with Crippen LogP contribution in [0.15, 0.2) is 23.1 Å². The normalized spacial score (nSPS) is 19.8. The van der Waals surface area contributed by atoms with Crippen LogP contribution in [0, 0.1) is 11.6 Å². The van der Waals surface area contributed by atoms with E-state index < -0.39 is 29.0 Å². The molecule has 1 spiro atoms. The van der Waals surface area contributed by atoms with Crippen molar-refractivity contribution in [2.75, 3.05) is 12.3 Å². The van der Waals surface area contributed by atoms with Crippen molar-refractivity contribution in [3.05, 3.63) is 29.8 Å². The number of nitrogens with zero attached hydrogens (tertiary/aromatic N) is 1. The highest BCUT2D eigenvalue weighted by Gasteiger charge is 2.50. The number of thioether (sulfide) groups is 1. The number of hydrogen-bond acceptors (Lipinski definition) is 4. The van der Waals surface area contributed by atoms with Gasteiger partial charge in [-0.25, -0.2) is 8.78 Å². The van der Waals surface area contributed by atoms with Crippen molar-refractivity contribution in [2.45, 2.75) is 42.5 Å². The second kappa shape index (κ2) is 7.11. The Kier molecular flexibility index (Phi) is 5.08. The van der Waals surface area contributed by atoms with Crippen LogP contribution in [-0.4, -0.2) is 40.5 Å². The highest BCUT2D eigenvalue weighted by molar-refractivity contribution is 8.00. The molecule has 0 atom stereocenters. The molecule has 1 saturated carbocycles. The van der Waals surface area contributed by atoms with E-state index >= 15 is 0 Å². The van der Waals surface area contributed by atoms with E-state index in [-0.39, 0.29) is 18.2 Å². The molecule has 8 heteroatoms. The summed E-state index contributed by atoms with van der Waals surface area (Å²) in [7, 11) is 0. The van der Waals surface area contributed by atoms with Crippen LogP contribution in [-0.2, 0) is 14.4 Å². The molecule has 2 fully saturated rings. The molecular formula is C17H18F2N2O3S. The second-order valence-corrected chi connectivity index (χ2v) is 7.36. The molecule has 1 aliphatic heterocycles. The molecule has 1 saturated heterocycles. The molecule has 0 aromatic heterocycles. The third-order valence-corrected chi connectivity index (χ3v) is 5.71. The van der Waals surface area contributed by atoms with Crippen molar-refractivity contribution >= 4 is 29.5 Å². The van der Waals surface area contributed by atoms with Crippen LogP contribution < -0.4 is 5.32 Å². The van der Waals surface area contributed by atoms with Crippen LogP contribution in [0.5, 0.6) is 0 Å². The first-order valence-electron chi connectivity index (χ1n) is 8.15. The maximum atomic E-state index is 13.3. The lowest BCUT2D eigenvalue weighted by Gasteiger charge is -2.47. The van der Waals surface area contributed by atoms with Gasteiger partial charge in [0.25, 0.3) is 5.91 Å². The molecule has 3 amide bonds. The number of hydrogen-bond donors (Lipinski definition) is 1. The molecule has 25 heavy (non-hydrogen) atoms. The zero-order chi connectivity index (χ0) is 18.0. The Morgan fingerprint density at radius 1 is 1.16 bits per heavy atom. The number of carbonyl (C=O) groups excluding carboxylic acids is 3. The summed E-state index contributed by atoms with van der Waals surface area (Å²) < 4.78 is 26.2. The summed E-state index contributed by atoms with van der Waals surface area (Å²) in [5, 5.41) is 2.34. The Balaban J connectivity index is 1.74. The van der Waals surface area contributed by atoms with E-state index in [4.69, 9.17) is 0 Å². The van der Waals surface area contributed by atoms with Gasteiger partial charge >= 0.3 is 0 Å². The highest BCUT2D eigenvalue weighted by atomic mass is 32.2. The van der Waals surface area contributed by atoms with Gasteiger partial charge in [0.2, 0.25) is 11.8 Å². The Morgan fingerprint density at radius 2 is 1.88 bits per heavy atom. The van der Waals surface area contributed by atoms with Gasteiger partial charge in [-0.1, -0.05) is 19.3 Å². The first-order valence-corrected chi connectivity index (χ1v) is 9.13. The fourth-order valence-electron chi connectivity index (χ4n) is 3.45. The summed E-state index contributed by atoms with van der Waals surface area (Å²) in [4.78, 5) is 38.7. The molecular weight excluding hydrogens is 350 g/mol. The lowest BCUT2D eigenvalue weighted by molar-refractivity contribution is -0.158. The average Bonchev–Trinajstić information content (AvgIpc) is 2.60. The molecule has 1 aliphatic carbocycles. The van der Waals surface area contributed by atoms with Gasteiger partial charge in [0.1, 0.15) is 12.1 Å². The highest BCUT2D eigenvalue weighted by Crippen LogP contribution is 2.36. The fourth-order valence-corrected chi connectivity index (χ4v) is 4.25. The summed E-state index contributed by atoms with van der Waals surface area (Å²) >= 11 is 1.05. The van der Waals surface area contributed by atoms with Crippen molar-refractivity contribution in [3.8, 4) is 0 Å². The van der Waals surface area contributed by atoms with E-state index in [2.05, 4.69) is 5.32 Å². The summed E-state index contributed by atoms with van der Waals surface area (Å²) in [6.45, 7) is -0.150. The largest absolute Gasteiger partial charge is 0.318 e. The van der Waals surface area contributed by atoms with E-state index in [9.17, 15) is 23.2 Å². The van der Waals surface area contributed by atoms with E-state index in [1.807, 2.05) is 0 Å². The molecule has 1 aromatic rings. The number of nitrogens with one attached hydrogen (secondary N) is 1. The van der Waals surface area contributed by atoms with E-state index in [1.165, 1.54) is 11.0 Å². The molecule has 3 rings (SSSR count). The predicted molar refractivity (Wildman–Crippen MR) is 87.8 cm³/mol. The lowest BCUT2D eigenvalue weighted by Crippen LogP contribution is -2.69. The number of carbonyl (C=O) groups is 3. The van der Waals surface area contributed by atoms with Crippen molar-refractivity contribution in [1.82, 2.24) is 10.2 Å². The van der Waals surface area contributed by atoms with Crippen LogP contribution in [0.3, 0.4) is 0 Å². The molecule has 0 bridgehead atoms. The molecule has 134 valence electrons. The third-order valence-electron chi connectivity index (χ3n) is 4.73. The smallest absolute Gasteiger partial charge is 0.252 e. The van der Waals surface area contributed by atoms with E-state index in [0.717, 1.165) is 43.2 Å². The number of imide groups is 1. The van der Waals surface area contributed by atoms with Gasteiger partial charge in [0, 0.05) is 4.90 Å². The predicted octanol–water partition coefficient (Wildman–Crippen LogP) is 2.24. The van der Waals surface area contributed by atoms with Crippen LogP contribution in [0.4, 0.5) is 8.78 Å². The zero-order valence-corrected chi connectivity index (χ0v) is 14.3. The minimum absolute atomic E-state index is 0.0482. The van der Waals surface area contributed by atoms with Gasteiger partial charge in [-0.3, -0.25) is 19.7 Å². The first-order chi connectivity index (χ1) is 11.9. The van der Waals surface area contributed by atoms with Crippen molar-refractivity contribution < 1.29 is 23.2 Å². The SMILES string of the molecule is O=C1CN(C(=O)CSc2ccc(F)c(F)c2)C2(CCCCC2)C(=O)N1. The van der Waals surface area contributed by atoms with E-state index in [0.29, 0.717) is 17.7 Å². The summed E-state index contributed by atoms with van der Waals surface area (Å²) in [5.74, 6) is -3.22. The third kappa shape index (κ3) is 3.53. The average molecular weight is 368 g/mol. The minimum atomic E-state index is -0.978. The standard InChI is InChI=1S/C17H18F2N2O3S/c18-12-5-4-11(8-13(12)19)25-10-15(23)21-9-14(22)20-16(24)17(21)6-2-1-3-7-17/h4-5,8H,1-3,6-7,9-10H2,(H,20,22,24). The quantitative estimate of drug-likeness (QED) is 0.656. The number of halogens is 2. The zero-order valence-electron chi connectivity index (χ0n) is 13.5. The summed E-state index contributed by atoms with van der Waals surface area (Å²) in [5.41, 5.74) is -0.960.